The summed E-state index contributed by atoms with van der Waals surface area (Å²) in [6, 6.07) is -0.451. The molecule has 1 aliphatic rings. The highest BCUT2D eigenvalue weighted by Gasteiger charge is 2.36. The Labute approximate surface area is 118 Å². The summed E-state index contributed by atoms with van der Waals surface area (Å²) < 4.78 is 1.68. The number of rotatable bonds is 2. The highest BCUT2D eigenvalue weighted by atomic mass is 16.2. The minimum absolute atomic E-state index is 0.0564. The van der Waals surface area contributed by atoms with Crippen LogP contribution in [-0.2, 0) is 11.8 Å². The summed E-state index contributed by atoms with van der Waals surface area (Å²) in [7, 11) is 7.15. The molecule has 0 aromatic carbocycles. The second-order valence-corrected chi connectivity index (χ2v) is 5.37. The Balaban J connectivity index is 2.25. The summed E-state index contributed by atoms with van der Waals surface area (Å²) in [5.41, 5.74) is 0. The van der Waals surface area contributed by atoms with Gasteiger partial charge in [0.2, 0.25) is 5.91 Å². The predicted molar refractivity (Wildman–Crippen MR) is 74.2 cm³/mol. The molecule has 0 radical (unpaired) electrons. The fraction of sp³-hybridized carbons (Fsp3) is 0.615. The van der Waals surface area contributed by atoms with Crippen LogP contribution in [0, 0.1) is 0 Å². The quantitative estimate of drug-likeness (QED) is 0.716. The van der Waals surface area contributed by atoms with E-state index in [9.17, 15) is 9.59 Å². The first-order valence-electron chi connectivity index (χ1n) is 6.60. The standard InChI is InChI=1S/C13H21N5O2/c1-15(2)12(19)10-9-16(3)7-8-18(10)13(20)11-14-5-6-17(11)4/h5-6,10H,7-9H2,1-4H3/t10-/m1/s1. The predicted octanol–water partition coefficient (Wildman–Crippen LogP) is -0.735. The van der Waals surface area contributed by atoms with Crippen molar-refractivity contribution in [2.45, 2.75) is 6.04 Å². The molecular weight excluding hydrogens is 258 g/mol. The van der Waals surface area contributed by atoms with Gasteiger partial charge >= 0.3 is 0 Å². The number of amides is 2. The largest absolute Gasteiger partial charge is 0.347 e. The zero-order valence-corrected chi connectivity index (χ0v) is 12.4. The molecular formula is C13H21N5O2. The number of hydrogen-bond acceptors (Lipinski definition) is 4. The van der Waals surface area contributed by atoms with Crippen LogP contribution >= 0.6 is 0 Å². The van der Waals surface area contributed by atoms with Gasteiger partial charge in [-0.1, -0.05) is 0 Å². The van der Waals surface area contributed by atoms with Gasteiger partial charge in [0.25, 0.3) is 5.91 Å². The van der Waals surface area contributed by atoms with Gasteiger partial charge in [0.05, 0.1) is 0 Å². The fourth-order valence-electron chi connectivity index (χ4n) is 2.37. The summed E-state index contributed by atoms with van der Waals surface area (Å²) in [5, 5.41) is 0. The highest BCUT2D eigenvalue weighted by molar-refractivity contribution is 5.95. The first-order chi connectivity index (χ1) is 9.41. The molecule has 2 rings (SSSR count). The van der Waals surface area contributed by atoms with Crippen LogP contribution in [0.2, 0.25) is 0 Å². The van der Waals surface area contributed by atoms with Gasteiger partial charge in [-0.2, -0.15) is 0 Å². The molecule has 1 fully saturated rings. The second kappa shape index (κ2) is 5.62. The molecule has 2 heterocycles. The van der Waals surface area contributed by atoms with Crippen molar-refractivity contribution in [1.82, 2.24) is 24.3 Å². The maximum absolute atomic E-state index is 12.6. The number of likely N-dealkylation sites (N-methyl/N-ethyl adjacent to an activating group) is 2. The lowest BCUT2D eigenvalue weighted by Gasteiger charge is -2.39. The third kappa shape index (κ3) is 2.67. The van der Waals surface area contributed by atoms with E-state index in [1.54, 1.807) is 43.0 Å². The Morgan fingerprint density at radius 1 is 1.30 bits per heavy atom. The van der Waals surface area contributed by atoms with Crippen molar-refractivity contribution in [3.8, 4) is 0 Å². The molecule has 0 N–H and O–H groups in total. The summed E-state index contributed by atoms with van der Waals surface area (Å²) in [5.74, 6) is 0.121. The maximum atomic E-state index is 12.6. The first-order valence-corrected chi connectivity index (χ1v) is 6.60. The lowest BCUT2D eigenvalue weighted by Crippen LogP contribution is -2.59. The zero-order valence-electron chi connectivity index (χ0n) is 12.4. The van der Waals surface area contributed by atoms with Gasteiger partial charge in [0.1, 0.15) is 6.04 Å². The normalized spacial score (nSPS) is 20.0. The Bertz CT molecular complexity index is 511. The van der Waals surface area contributed by atoms with Crippen molar-refractivity contribution in [3.05, 3.63) is 18.2 Å². The molecule has 0 saturated carbocycles. The fourth-order valence-corrected chi connectivity index (χ4v) is 2.37. The van der Waals surface area contributed by atoms with Crippen LogP contribution in [-0.4, -0.2) is 82.9 Å². The molecule has 7 nitrogen and oxygen atoms in total. The van der Waals surface area contributed by atoms with Gasteiger partial charge in [-0.3, -0.25) is 9.59 Å². The van der Waals surface area contributed by atoms with Crippen molar-refractivity contribution in [3.63, 3.8) is 0 Å². The second-order valence-electron chi connectivity index (χ2n) is 5.37. The molecule has 0 unspecified atom stereocenters. The molecule has 1 aliphatic heterocycles. The smallest absolute Gasteiger partial charge is 0.290 e. The summed E-state index contributed by atoms with van der Waals surface area (Å²) in [6.07, 6.45) is 3.32. The van der Waals surface area contributed by atoms with Gasteiger partial charge in [0.15, 0.2) is 5.82 Å². The van der Waals surface area contributed by atoms with E-state index in [0.29, 0.717) is 18.9 Å². The number of imidazole rings is 1. The summed E-state index contributed by atoms with van der Waals surface area (Å²) in [4.78, 5) is 34.2. The van der Waals surface area contributed by atoms with Crippen molar-refractivity contribution in [2.75, 3.05) is 40.8 Å². The number of aromatic nitrogens is 2. The molecule has 0 bridgehead atoms. The SMILES string of the molecule is CN1CCN(C(=O)c2nccn2C)[C@@H](C(=O)N(C)C)C1. The minimum Gasteiger partial charge on any atom is -0.347 e. The van der Waals surface area contributed by atoms with E-state index < -0.39 is 6.04 Å². The Hall–Kier alpha value is -1.89. The van der Waals surface area contributed by atoms with E-state index in [-0.39, 0.29) is 11.8 Å². The van der Waals surface area contributed by atoms with Crippen LogP contribution in [0.3, 0.4) is 0 Å². The number of hydrogen-bond donors (Lipinski definition) is 0. The lowest BCUT2D eigenvalue weighted by atomic mass is 10.1. The van der Waals surface area contributed by atoms with Crippen molar-refractivity contribution in [1.29, 1.82) is 0 Å². The van der Waals surface area contributed by atoms with Gasteiger partial charge in [-0.05, 0) is 7.05 Å². The van der Waals surface area contributed by atoms with Gasteiger partial charge in [0, 0.05) is 53.2 Å². The Morgan fingerprint density at radius 3 is 2.55 bits per heavy atom. The number of nitrogens with zero attached hydrogens (tertiary/aromatic N) is 5. The monoisotopic (exact) mass is 279 g/mol. The van der Waals surface area contributed by atoms with E-state index in [1.807, 2.05) is 7.05 Å². The molecule has 1 saturated heterocycles. The molecule has 1 atom stereocenters. The molecule has 7 heteroatoms. The number of piperazine rings is 1. The van der Waals surface area contributed by atoms with Crippen LogP contribution < -0.4 is 0 Å². The van der Waals surface area contributed by atoms with Crippen molar-refractivity contribution in [2.24, 2.45) is 7.05 Å². The first kappa shape index (κ1) is 14.5. The molecule has 20 heavy (non-hydrogen) atoms. The third-order valence-corrected chi connectivity index (χ3v) is 3.58. The van der Waals surface area contributed by atoms with Crippen LogP contribution in [0.4, 0.5) is 0 Å². The van der Waals surface area contributed by atoms with E-state index in [0.717, 1.165) is 6.54 Å². The Kier molecular flexibility index (Phi) is 4.08. The van der Waals surface area contributed by atoms with E-state index in [4.69, 9.17) is 0 Å². The average Bonchev–Trinajstić information content (AvgIpc) is 2.83. The third-order valence-electron chi connectivity index (χ3n) is 3.58. The average molecular weight is 279 g/mol. The lowest BCUT2D eigenvalue weighted by molar-refractivity contribution is -0.135. The molecule has 0 aliphatic carbocycles. The molecule has 110 valence electrons. The van der Waals surface area contributed by atoms with Crippen molar-refractivity contribution < 1.29 is 9.59 Å². The zero-order chi connectivity index (χ0) is 14.9. The van der Waals surface area contributed by atoms with Crippen LogP contribution in [0.5, 0.6) is 0 Å². The number of carbonyl (C=O) groups excluding carboxylic acids is 2. The highest BCUT2D eigenvalue weighted by Crippen LogP contribution is 2.14. The van der Waals surface area contributed by atoms with Crippen molar-refractivity contribution >= 4 is 11.8 Å². The molecule has 1 aromatic heterocycles. The van der Waals surface area contributed by atoms with Crippen LogP contribution in [0.1, 0.15) is 10.6 Å². The van der Waals surface area contributed by atoms with Gasteiger partial charge < -0.3 is 19.3 Å². The summed E-state index contributed by atoms with van der Waals surface area (Å²) >= 11 is 0. The molecule has 2 amide bonds. The number of carbonyl (C=O) groups is 2. The van der Waals surface area contributed by atoms with E-state index >= 15 is 0 Å². The summed E-state index contributed by atoms with van der Waals surface area (Å²) in [6.45, 7) is 1.84. The van der Waals surface area contributed by atoms with E-state index in [1.165, 1.54) is 4.90 Å². The Morgan fingerprint density at radius 2 is 2.00 bits per heavy atom. The van der Waals surface area contributed by atoms with Gasteiger partial charge in [-0.15, -0.1) is 0 Å². The minimum atomic E-state index is -0.451. The topological polar surface area (TPSA) is 61.7 Å². The van der Waals surface area contributed by atoms with Gasteiger partial charge in [-0.25, -0.2) is 4.98 Å². The van der Waals surface area contributed by atoms with E-state index in [2.05, 4.69) is 9.88 Å². The molecule has 0 spiro atoms. The number of aryl methyl sites for hydroxylation is 1. The van der Waals surface area contributed by atoms with Crippen LogP contribution in [0.15, 0.2) is 12.4 Å². The molecule has 1 aromatic rings. The maximum Gasteiger partial charge on any atom is 0.290 e. The van der Waals surface area contributed by atoms with Crippen LogP contribution in [0.25, 0.3) is 0 Å².